The van der Waals surface area contributed by atoms with Crippen LogP contribution in [-0.2, 0) is 26.6 Å². The van der Waals surface area contributed by atoms with Gasteiger partial charge in [0, 0.05) is 18.5 Å². The van der Waals surface area contributed by atoms with Gasteiger partial charge in [0.25, 0.3) is 0 Å². The number of carbonyl (C=O) groups is 1. The molecule has 1 saturated heterocycles. The fraction of sp³-hybridized carbons (Fsp3) is 0.632. The quantitative estimate of drug-likeness (QED) is 0.837. The van der Waals surface area contributed by atoms with E-state index in [2.05, 4.69) is 32.9 Å². The zero-order valence-corrected chi connectivity index (χ0v) is 16.2. The molecule has 0 radical (unpaired) electrons. The number of hydrogen-bond acceptors (Lipinski definition) is 3. The smallest absolute Gasteiger partial charge is 0.225 e. The molecule has 134 valence electrons. The SMILES string of the molecule is CC(C)C(=O)N(Cc1ccc(C(C)(C)C)cc1)C1CCS(=O)(=O)C1. The van der Waals surface area contributed by atoms with Crippen LogP contribution in [0.15, 0.2) is 24.3 Å². The Morgan fingerprint density at radius 1 is 1.21 bits per heavy atom. The summed E-state index contributed by atoms with van der Waals surface area (Å²) in [6, 6.07) is 8.08. The third-order valence-electron chi connectivity index (χ3n) is 4.60. The average Bonchev–Trinajstić information content (AvgIpc) is 2.83. The van der Waals surface area contributed by atoms with Crippen LogP contribution in [0, 0.1) is 5.92 Å². The van der Waals surface area contributed by atoms with E-state index in [9.17, 15) is 13.2 Å². The fourth-order valence-corrected chi connectivity index (χ4v) is 4.78. The largest absolute Gasteiger partial charge is 0.334 e. The monoisotopic (exact) mass is 351 g/mol. The van der Waals surface area contributed by atoms with E-state index in [1.54, 1.807) is 4.90 Å². The zero-order valence-electron chi connectivity index (χ0n) is 15.4. The van der Waals surface area contributed by atoms with Crippen LogP contribution in [0.4, 0.5) is 0 Å². The summed E-state index contributed by atoms with van der Waals surface area (Å²) in [7, 11) is -3.01. The molecule has 1 unspecified atom stereocenters. The highest BCUT2D eigenvalue weighted by molar-refractivity contribution is 7.91. The maximum absolute atomic E-state index is 12.6. The lowest BCUT2D eigenvalue weighted by Gasteiger charge is -2.30. The Morgan fingerprint density at radius 2 is 1.79 bits per heavy atom. The lowest BCUT2D eigenvalue weighted by Crippen LogP contribution is -2.42. The summed E-state index contributed by atoms with van der Waals surface area (Å²) in [6.45, 7) is 10.7. The van der Waals surface area contributed by atoms with E-state index in [0.29, 0.717) is 13.0 Å². The number of amides is 1. The molecule has 0 bridgehead atoms. The Kier molecular flexibility index (Phi) is 5.43. The highest BCUT2D eigenvalue weighted by atomic mass is 32.2. The van der Waals surface area contributed by atoms with Crippen LogP contribution in [0.25, 0.3) is 0 Å². The maximum Gasteiger partial charge on any atom is 0.225 e. The van der Waals surface area contributed by atoms with Crippen molar-refractivity contribution in [3.8, 4) is 0 Å². The van der Waals surface area contributed by atoms with Gasteiger partial charge in [-0.05, 0) is 23.0 Å². The van der Waals surface area contributed by atoms with Gasteiger partial charge in [0.2, 0.25) is 5.91 Å². The molecule has 0 N–H and O–H groups in total. The van der Waals surface area contributed by atoms with E-state index in [1.165, 1.54) is 5.56 Å². The number of sulfone groups is 1. The van der Waals surface area contributed by atoms with Gasteiger partial charge in [0.05, 0.1) is 11.5 Å². The summed E-state index contributed by atoms with van der Waals surface area (Å²) in [4.78, 5) is 14.4. The Hall–Kier alpha value is -1.36. The Morgan fingerprint density at radius 3 is 2.21 bits per heavy atom. The molecule has 4 nitrogen and oxygen atoms in total. The first-order valence-electron chi connectivity index (χ1n) is 8.60. The van der Waals surface area contributed by atoms with Crippen LogP contribution < -0.4 is 0 Å². The Bertz CT molecular complexity index is 684. The number of nitrogens with zero attached hydrogens (tertiary/aromatic N) is 1. The summed E-state index contributed by atoms with van der Waals surface area (Å²) in [6.07, 6.45) is 0.543. The Balaban J connectivity index is 2.21. The molecule has 0 aromatic heterocycles. The second kappa shape index (κ2) is 6.87. The van der Waals surface area contributed by atoms with Crippen molar-refractivity contribution in [1.82, 2.24) is 4.90 Å². The highest BCUT2D eigenvalue weighted by Crippen LogP contribution is 2.25. The van der Waals surface area contributed by atoms with Gasteiger partial charge in [-0.3, -0.25) is 4.79 Å². The molecular formula is C19H29NO3S. The Labute approximate surface area is 146 Å². The number of rotatable bonds is 4. The van der Waals surface area contributed by atoms with Gasteiger partial charge in [0.1, 0.15) is 0 Å². The third-order valence-corrected chi connectivity index (χ3v) is 6.35. The molecule has 1 aliphatic heterocycles. The molecular weight excluding hydrogens is 322 g/mol. The summed E-state index contributed by atoms with van der Waals surface area (Å²) in [5, 5.41) is 0. The van der Waals surface area contributed by atoms with Crippen molar-refractivity contribution in [1.29, 1.82) is 0 Å². The van der Waals surface area contributed by atoms with E-state index in [1.807, 2.05) is 26.0 Å². The van der Waals surface area contributed by atoms with E-state index in [4.69, 9.17) is 0 Å². The lowest BCUT2D eigenvalue weighted by molar-refractivity contribution is -0.137. The third kappa shape index (κ3) is 4.59. The number of hydrogen-bond donors (Lipinski definition) is 0. The molecule has 0 saturated carbocycles. The molecule has 0 aliphatic carbocycles. The molecule has 0 spiro atoms. The summed E-state index contributed by atoms with van der Waals surface area (Å²) >= 11 is 0. The average molecular weight is 352 g/mol. The molecule has 24 heavy (non-hydrogen) atoms. The van der Waals surface area contributed by atoms with E-state index >= 15 is 0 Å². The molecule has 5 heteroatoms. The van der Waals surface area contributed by atoms with Crippen molar-refractivity contribution in [2.75, 3.05) is 11.5 Å². The van der Waals surface area contributed by atoms with Gasteiger partial charge in [0.15, 0.2) is 9.84 Å². The van der Waals surface area contributed by atoms with Gasteiger partial charge in [-0.1, -0.05) is 58.9 Å². The maximum atomic E-state index is 12.6. The topological polar surface area (TPSA) is 54.5 Å². The minimum atomic E-state index is -3.01. The van der Waals surface area contributed by atoms with Crippen molar-refractivity contribution in [2.45, 2.75) is 59.0 Å². The zero-order chi connectivity index (χ0) is 18.1. The van der Waals surface area contributed by atoms with Crippen LogP contribution in [0.2, 0.25) is 0 Å². The number of benzene rings is 1. The van der Waals surface area contributed by atoms with Crippen molar-refractivity contribution in [2.24, 2.45) is 5.92 Å². The highest BCUT2D eigenvalue weighted by Gasteiger charge is 2.35. The molecule has 1 aromatic rings. The van der Waals surface area contributed by atoms with Crippen LogP contribution in [-0.4, -0.2) is 36.8 Å². The predicted molar refractivity (Wildman–Crippen MR) is 97.6 cm³/mol. The van der Waals surface area contributed by atoms with Crippen molar-refractivity contribution in [3.63, 3.8) is 0 Å². The first-order chi connectivity index (χ1) is 11.0. The van der Waals surface area contributed by atoms with Gasteiger partial charge < -0.3 is 4.90 Å². The molecule has 1 aliphatic rings. The predicted octanol–water partition coefficient (Wildman–Crippen LogP) is 3.16. The van der Waals surface area contributed by atoms with Crippen LogP contribution in [0.3, 0.4) is 0 Å². The van der Waals surface area contributed by atoms with Crippen molar-refractivity contribution in [3.05, 3.63) is 35.4 Å². The molecule has 1 amide bonds. The summed E-state index contributed by atoms with van der Waals surface area (Å²) in [5.74, 6) is 0.160. The molecule has 1 heterocycles. The van der Waals surface area contributed by atoms with Crippen molar-refractivity contribution < 1.29 is 13.2 Å². The summed E-state index contributed by atoms with van der Waals surface area (Å²) in [5.41, 5.74) is 2.38. The van der Waals surface area contributed by atoms with E-state index < -0.39 is 9.84 Å². The molecule has 1 fully saturated rings. The minimum Gasteiger partial charge on any atom is -0.334 e. The van der Waals surface area contributed by atoms with Gasteiger partial charge >= 0.3 is 0 Å². The number of carbonyl (C=O) groups excluding carboxylic acids is 1. The molecule has 1 aromatic carbocycles. The minimum absolute atomic E-state index is 0.0250. The second-order valence-electron chi connectivity index (χ2n) is 8.12. The molecule has 1 atom stereocenters. The molecule has 2 rings (SSSR count). The van der Waals surface area contributed by atoms with Crippen molar-refractivity contribution >= 4 is 15.7 Å². The van der Waals surface area contributed by atoms with Gasteiger partial charge in [-0.25, -0.2) is 8.42 Å². The van der Waals surface area contributed by atoms with Crippen LogP contribution in [0.1, 0.15) is 52.2 Å². The first kappa shape index (κ1) is 19.0. The standard InChI is InChI=1S/C19H29NO3S/c1-14(2)18(21)20(17-10-11-24(22,23)13-17)12-15-6-8-16(9-7-15)19(3,4)5/h6-9,14,17H,10-13H2,1-5H3. The van der Waals surface area contributed by atoms with Gasteiger partial charge in [-0.15, -0.1) is 0 Å². The van der Waals surface area contributed by atoms with E-state index in [0.717, 1.165) is 5.56 Å². The van der Waals surface area contributed by atoms with Gasteiger partial charge in [-0.2, -0.15) is 0 Å². The lowest BCUT2D eigenvalue weighted by atomic mass is 9.86. The fourth-order valence-electron chi connectivity index (χ4n) is 3.05. The second-order valence-corrected chi connectivity index (χ2v) is 10.4. The summed E-state index contributed by atoms with van der Waals surface area (Å²) < 4.78 is 23.6. The van der Waals surface area contributed by atoms with Crippen LogP contribution in [0.5, 0.6) is 0 Å². The first-order valence-corrected chi connectivity index (χ1v) is 10.4. The van der Waals surface area contributed by atoms with Crippen LogP contribution >= 0.6 is 0 Å². The normalized spacial score (nSPS) is 20.3. The van der Waals surface area contributed by atoms with E-state index in [-0.39, 0.29) is 34.8 Å².